The zero-order valence-electron chi connectivity index (χ0n) is 11.1. The van der Waals surface area contributed by atoms with Gasteiger partial charge in [-0.3, -0.25) is 4.72 Å². The van der Waals surface area contributed by atoms with Crippen molar-refractivity contribution in [1.29, 1.82) is 5.26 Å². The van der Waals surface area contributed by atoms with Crippen molar-refractivity contribution in [2.75, 3.05) is 4.72 Å². The van der Waals surface area contributed by atoms with Crippen LogP contribution in [0.25, 0.3) is 0 Å². The molecular formula is C13H10BrFN2O2S2. The average Bonchev–Trinajstić information content (AvgIpc) is 2.63. The summed E-state index contributed by atoms with van der Waals surface area (Å²) >= 11 is 4.22. The van der Waals surface area contributed by atoms with Gasteiger partial charge >= 0.3 is 0 Å². The lowest BCUT2D eigenvalue weighted by atomic mass is 10.2. The van der Waals surface area contributed by atoms with E-state index in [4.69, 9.17) is 5.26 Å². The van der Waals surface area contributed by atoms with Crippen LogP contribution in [0.5, 0.6) is 0 Å². The summed E-state index contributed by atoms with van der Waals surface area (Å²) < 4.78 is 40.3. The molecule has 0 radical (unpaired) electrons. The average molecular weight is 389 g/mol. The van der Waals surface area contributed by atoms with Crippen molar-refractivity contribution in [1.82, 2.24) is 0 Å². The normalized spacial score (nSPS) is 11.2. The van der Waals surface area contributed by atoms with E-state index in [0.29, 0.717) is 5.56 Å². The van der Waals surface area contributed by atoms with Crippen LogP contribution in [-0.2, 0) is 10.0 Å². The number of nitriles is 1. The Labute approximate surface area is 134 Å². The van der Waals surface area contributed by atoms with Crippen LogP contribution in [0.15, 0.2) is 27.6 Å². The van der Waals surface area contributed by atoms with E-state index >= 15 is 0 Å². The molecule has 1 N–H and O–H groups in total. The Hall–Kier alpha value is -1.43. The molecule has 0 atom stereocenters. The first-order valence-corrected chi connectivity index (χ1v) is 8.83. The number of nitrogens with one attached hydrogen (secondary N) is 1. The molecule has 2 aromatic rings. The fourth-order valence-electron chi connectivity index (χ4n) is 1.70. The number of hydrogen-bond acceptors (Lipinski definition) is 4. The van der Waals surface area contributed by atoms with Gasteiger partial charge in [0.1, 0.15) is 21.8 Å². The highest BCUT2D eigenvalue weighted by Gasteiger charge is 2.22. The van der Waals surface area contributed by atoms with E-state index in [-0.39, 0.29) is 14.4 Å². The number of hydrogen-bond donors (Lipinski definition) is 1. The van der Waals surface area contributed by atoms with Gasteiger partial charge in [0.15, 0.2) is 0 Å². The summed E-state index contributed by atoms with van der Waals surface area (Å²) in [5.41, 5.74) is 1.05. The Kier molecular flexibility index (Phi) is 4.37. The zero-order chi connectivity index (χ0) is 15.8. The van der Waals surface area contributed by atoms with Crippen LogP contribution in [0.4, 0.5) is 9.39 Å². The lowest BCUT2D eigenvalue weighted by Crippen LogP contribution is -2.13. The minimum absolute atomic E-state index is 0.0866. The van der Waals surface area contributed by atoms with Gasteiger partial charge in [0.05, 0.1) is 5.56 Å². The molecule has 110 valence electrons. The highest BCUT2D eigenvalue weighted by atomic mass is 79.9. The Morgan fingerprint density at radius 2 is 2.05 bits per heavy atom. The van der Waals surface area contributed by atoms with Gasteiger partial charge in [-0.05, 0) is 53.5 Å². The highest BCUT2D eigenvalue weighted by Crippen LogP contribution is 2.34. The third-order valence-electron chi connectivity index (χ3n) is 2.91. The Bertz CT molecular complexity index is 854. The van der Waals surface area contributed by atoms with Gasteiger partial charge in [-0.15, -0.1) is 11.3 Å². The molecule has 21 heavy (non-hydrogen) atoms. The van der Waals surface area contributed by atoms with E-state index in [1.165, 1.54) is 17.4 Å². The highest BCUT2D eigenvalue weighted by molar-refractivity contribution is 9.10. The summed E-state index contributed by atoms with van der Waals surface area (Å²) in [7, 11) is -3.90. The third-order valence-corrected chi connectivity index (χ3v) is 6.49. The first kappa shape index (κ1) is 15.9. The molecule has 8 heteroatoms. The lowest BCUT2D eigenvalue weighted by molar-refractivity contribution is 0.599. The molecule has 1 aromatic carbocycles. The summed E-state index contributed by atoms with van der Waals surface area (Å²) in [5.74, 6) is -0.540. The van der Waals surface area contributed by atoms with Gasteiger partial charge in [-0.2, -0.15) is 5.26 Å². The molecule has 0 aliphatic heterocycles. The summed E-state index contributed by atoms with van der Waals surface area (Å²) in [5, 5.41) is 9.40. The molecule has 0 fully saturated rings. The van der Waals surface area contributed by atoms with E-state index in [2.05, 4.69) is 20.7 Å². The molecule has 1 heterocycles. The molecule has 0 saturated heterocycles. The number of halogens is 2. The van der Waals surface area contributed by atoms with Gasteiger partial charge in [0.2, 0.25) is 0 Å². The van der Waals surface area contributed by atoms with Crippen LogP contribution in [-0.4, -0.2) is 8.42 Å². The van der Waals surface area contributed by atoms with Crippen LogP contribution in [0, 0.1) is 31.0 Å². The molecule has 0 aliphatic carbocycles. The van der Waals surface area contributed by atoms with Gasteiger partial charge in [0, 0.05) is 9.35 Å². The first-order chi connectivity index (χ1) is 9.76. The smallest absolute Gasteiger partial charge is 0.263 e. The van der Waals surface area contributed by atoms with Crippen molar-refractivity contribution in [3.63, 3.8) is 0 Å². The van der Waals surface area contributed by atoms with Gasteiger partial charge in [-0.25, -0.2) is 12.8 Å². The molecular weight excluding hydrogens is 379 g/mol. The van der Waals surface area contributed by atoms with Crippen LogP contribution >= 0.6 is 27.3 Å². The molecule has 0 unspecified atom stereocenters. The maximum absolute atomic E-state index is 13.1. The number of benzene rings is 1. The fraction of sp³-hybridized carbons (Fsp3) is 0.154. The lowest BCUT2D eigenvalue weighted by Gasteiger charge is -2.08. The molecule has 0 saturated carbocycles. The summed E-state index contributed by atoms with van der Waals surface area (Å²) in [6.45, 7) is 3.57. The largest absolute Gasteiger partial charge is 0.269 e. The fourth-order valence-corrected chi connectivity index (χ4v) is 5.07. The van der Waals surface area contributed by atoms with Crippen molar-refractivity contribution in [2.45, 2.75) is 18.7 Å². The molecule has 0 spiro atoms. The maximum atomic E-state index is 13.1. The topological polar surface area (TPSA) is 70.0 Å². The summed E-state index contributed by atoms with van der Waals surface area (Å²) in [4.78, 5) is 0.777. The van der Waals surface area contributed by atoms with E-state index in [9.17, 15) is 12.8 Å². The van der Waals surface area contributed by atoms with Crippen molar-refractivity contribution in [2.24, 2.45) is 0 Å². The van der Waals surface area contributed by atoms with Gasteiger partial charge < -0.3 is 0 Å². The second kappa shape index (κ2) is 5.75. The van der Waals surface area contributed by atoms with Crippen molar-refractivity contribution in [3.05, 3.63) is 44.5 Å². The first-order valence-electron chi connectivity index (χ1n) is 5.74. The quantitative estimate of drug-likeness (QED) is 0.865. The molecule has 0 amide bonds. The van der Waals surface area contributed by atoms with Crippen LogP contribution in [0.1, 0.15) is 16.0 Å². The number of rotatable bonds is 3. The number of sulfonamides is 1. The molecule has 2 rings (SSSR count). The van der Waals surface area contributed by atoms with Gasteiger partial charge in [0.25, 0.3) is 10.0 Å². The van der Waals surface area contributed by atoms with E-state index < -0.39 is 15.8 Å². The summed E-state index contributed by atoms with van der Waals surface area (Å²) in [6, 6.07) is 5.30. The number of nitrogens with zero attached hydrogens (tertiary/aromatic N) is 1. The predicted octanol–water partition coefficient (Wildman–Crippen LogP) is 3.94. The molecule has 4 nitrogen and oxygen atoms in total. The Morgan fingerprint density at radius 1 is 1.38 bits per heavy atom. The Morgan fingerprint density at radius 3 is 2.62 bits per heavy atom. The van der Waals surface area contributed by atoms with Crippen molar-refractivity contribution in [3.8, 4) is 6.07 Å². The van der Waals surface area contributed by atoms with Crippen molar-refractivity contribution >= 4 is 42.3 Å². The number of aryl methyl sites for hydroxylation is 1. The van der Waals surface area contributed by atoms with Crippen molar-refractivity contribution < 1.29 is 12.8 Å². The summed E-state index contributed by atoms with van der Waals surface area (Å²) in [6.07, 6.45) is 0. The minimum Gasteiger partial charge on any atom is -0.269 e. The zero-order valence-corrected chi connectivity index (χ0v) is 14.3. The Balaban J connectivity index is 2.48. The molecule has 0 aliphatic rings. The van der Waals surface area contributed by atoms with Crippen LogP contribution in [0.3, 0.4) is 0 Å². The molecule has 1 aromatic heterocycles. The van der Waals surface area contributed by atoms with Crippen LogP contribution in [0.2, 0.25) is 0 Å². The van der Waals surface area contributed by atoms with Crippen LogP contribution < -0.4 is 4.72 Å². The number of anilines is 1. The second-order valence-corrected chi connectivity index (χ2v) is 8.01. The maximum Gasteiger partial charge on any atom is 0.263 e. The second-order valence-electron chi connectivity index (χ2n) is 4.28. The van der Waals surface area contributed by atoms with E-state index in [0.717, 1.165) is 22.6 Å². The molecule has 0 bridgehead atoms. The monoisotopic (exact) mass is 388 g/mol. The van der Waals surface area contributed by atoms with Gasteiger partial charge in [-0.1, -0.05) is 0 Å². The van der Waals surface area contributed by atoms with E-state index in [1.807, 2.05) is 13.0 Å². The third kappa shape index (κ3) is 3.10. The minimum atomic E-state index is -3.90. The SMILES string of the molecule is Cc1sc(NS(=O)(=O)c2ccc(F)cc2Br)c(C#N)c1C. The standard InChI is InChI=1S/C13H10BrFN2O2S2/c1-7-8(2)20-13(10(7)6-16)17-21(18,19)12-4-3-9(15)5-11(12)14/h3-5,17H,1-2H3. The van der Waals surface area contributed by atoms with E-state index in [1.54, 1.807) is 6.92 Å². The number of thiophene rings is 1. The predicted molar refractivity (Wildman–Crippen MR) is 83.4 cm³/mol.